The van der Waals surface area contributed by atoms with Crippen LogP contribution < -0.4 is 0 Å². The molecule has 2 N–H and O–H groups in total. The van der Waals surface area contributed by atoms with E-state index >= 15 is 0 Å². The van der Waals surface area contributed by atoms with Crippen molar-refractivity contribution in [3.05, 3.63) is 0 Å². The molecule has 1 saturated heterocycles. The second-order valence-corrected chi connectivity index (χ2v) is 4.40. The highest BCUT2D eigenvalue weighted by molar-refractivity contribution is 5.75. The highest BCUT2D eigenvalue weighted by atomic mass is 16.6. The maximum atomic E-state index is 11.3. The third-order valence-corrected chi connectivity index (χ3v) is 3.70. The summed E-state index contributed by atoms with van der Waals surface area (Å²) in [6.45, 7) is 1.97. The van der Waals surface area contributed by atoms with E-state index in [-0.39, 0.29) is 37.1 Å². The average molecular weight is 200 g/mol. The molecule has 1 saturated carbocycles. The lowest BCUT2D eigenvalue weighted by molar-refractivity contribution is -0.145. The van der Waals surface area contributed by atoms with Gasteiger partial charge in [0.1, 0.15) is 6.10 Å². The minimum absolute atomic E-state index is 0.0208. The maximum Gasteiger partial charge on any atom is 0.311 e. The molecule has 2 fully saturated rings. The number of hydrogen-bond donors (Lipinski definition) is 2. The zero-order valence-electron chi connectivity index (χ0n) is 8.22. The van der Waals surface area contributed by atoms with Crippen LogP contribution in [-0.4, -0.2) is 35.5 Å². The van der Waals surface area contributed by atoms with Crippen LogP contribution in [0.5, 0.6) is 0 Å². The second-order valence-electron chi connectivity index (χ2n) is 4.40. The Morgan fingerprint density at radius 3 is 2.71 bits per heavy atom. The fourth-order valence-corrected chi connectivity index (χ4v) is 2.93. The monoisotopic (exact) mass is 200 g/mol. The van der Waals surface area contributed by atoms with Crippen LogP contribution >= 0.6 is 0 Å². The third-order valence-electron chi connectivity index (χ3n) is 3.70. The summed E-state index contributed by atoms with van der Waals surface area (Å²) < 4.78 is 5.18. The van der Waals surface area contributed by atoms with E-state index in [0.717, 1.165) is 6.42 Å². The standard InChI is InChI=1S/C10H16O4/c1-5-2-8-9(6(5)3-11)7(4-12)10(13)14-8/h5-9,11-12H,2-4H2,1H3/t5-,6+,7-,8-,9-/m0/s1. The van der Waals surface area contributed by atoms with Crippen molar-refractivity contribution in [3.63, 3.8) is 0 Å². The minimum Gasteiger partial charge on any atom is -0.462 e. The molecular formula is C10H16O4. The first-order chi connectivity index (χ1) is 6.69. The number of aliphatic hydroxyl groups excluding tert-OH is 2. The fourth-order valence-electron chi connectivity index (χ4n) is 2.93. The molecule has 4 nitrogen and oxygen atoms in total. The second kappa shape index (κ2) is 3.51. The van der Waals surface area contributed by atoms with Crippen molar-refractivity contribution in [1.29, 1.82) is 0 Å². The third kappa shape index (κ3) is 1.25. The minimum atomic E-state index is -0.415. The van der Waals surface area contributed by atoms with Crippen molar-refractivity contribution < 1.29 is 19.7 Å². The van der Waals surface area contributed by atoms with Crippen molar-refractivity contribution in [2.45, 2.75) is 19.4 Å². The Bertz CT molecular complexity index is 240. The molecule has 4 heteroatoms. The number of carbonyl (C=O) groups excluding carboxylic acids is 1. The predicted octanol–water partition coefficient (Wildman–Crippen LogP) is -0.215. The molecular weight excluding hydrogens is 184 g/mol. The van der Waals surface area contributed by atoms with Crippen molar-refractivity contribution in [1.82, 2.24) is 0 Å². The molecule has 0 aromatic rings. The number of ether oxygens (including phenoxy) is 1. The molecule has 0 bridgehead atoms. The van der Waals surface area contributed by atoms with Gasteiger partial charge in [0, 0.05) is 12.5 Å². The first-order valence-electron chi connectivity index (χ1n) is 5.11. The van der Waals surface area contributed by atoms with Crippen molar-refractivity contribution in [3.8, 4) is 0 Å². The molecule has 2 aliphatic rings. The Labute approximate surface area is 82.9 Å². The number of aliphatic hydroxyl groups is 2. The van der Waals surface area contributed by atoms with Crippen molar-refractivity contribution >= 4 is 5.97 Å². The number of carbonyl (C=O) groups is 1. The van der Waals surface area contributed by atoms with E-state index in [9.17, 15) is 9.90 Å². The van der Waals surface area contributed by atoms with Crippen LogP contribution in [0.4, 0.5) is 0 Å². The topological polar surface area (TPSA) is 66.8 Å². The Morgan fingerprint density at radius 2 is 2.14 bits per heavy atom. The average Bonchev–Trinajstić information content (AvgIpc) is 2.58. The Balaban J connectivity index is 2.19. The van der Waals surface area contributed by atoms with Gasteiger partial charge in [0.05, 0.1) is 12.5 Å². The highest BCUT2D eigenvalue weighted by Crippen LogP contribution is 2.46. The van der Waals surface area contributed by atoms with Gasteiger partial charge in [-0.2, -0.15) is 0 Å². The van der Waals surface area contributed by atoms with Crippen LogP contribution in [0.15, 0.2) is 0 Å². The molecule has 0 radical (unpaired) electrons. The van der Waals surface area contributed by atoms with Gasteiger partial charge in [0.15, 0.2) is 0 Å². The fraction of sp³-hybridized carbons (Fsp3) is 0.900. The van der Waals surface area contributed by atoms with Gasteiger partial charge in [-0.3, -0.25) is 4.79 Å². The van der Waals surface area contributed by atoms with Crippen LogP contribution in [-0.2, 0) is 9.53 Å². The van der Waals surface area contributed by atoms with E-state index in [0.29, 0.717) is 5.92 Å². The molecule has 1 aliphatic carbocycles. The molecule has 80 valence electrons. The highest BCUT2D eigenvalue weighted by Gasteiger charge is 2.53. The van der Waals surface area contributed by atoms with Gasteiger partial charge in [-0.1, -0.05) is 6.92 Å². The summed E-state index contributed by atoms with van der Waals surface area (Å²) in [6, 6.07) is 0. The number of esters is 1. The van der Waals surface area contributed by atoms with Crippen LogP contribution in [0.2, 0.25) is 0 Å². The smallest absolute Gasteiger partial charge is 0.311 e. The number of fused-ring (bicyclic) bond motifs is 1. The molecule has 14 heavy (non-hydrogen) atoms. The molecule has 0 amide bonds. The number of hydrogen-bond acceptors (Lipinski definition) is 4. The normalized spacial score (nSPS) is 46.5. The summed E-state index contributed by atoms with van der Waals surface area (Å²) in [6.07, 6.45) is 0.741. The lowest BCUT2D eigenvalue weighted by Gasteiger charge is -2.21. The molecule has 0 aromatic carbocycles. The van der Waals surface area contributed by atoms with Gasteiger partial charge in [0.25, 0.3) is 0 Å². The molecule has 0 spiro atoms. The zero-order valence-corrected chi connectivity index (χ0v) is 8.22. The molecule has 0 unspecified atom stereocenters. The van der Waals surface area contributed by atoms with E-state index in [4.69, 9.17) is 9.84 Å². The molecule has 1 aliphatic heterocycles. The summed E-state index contributed by atoms with van der Waals surface area (Å²) in [5, 5.41) is 18.3. The summed E-state index contributed by atoms with van der Waals surface area (Å²) in [5.41, 5.74) is 0. The molecule has 2 rings (SSSR count). The van der Waals surface area contributed by atoms with E-state index in [1.807, 2.05) is 0 Å². The Kier molecular flexibility index (Phi) is 2.49. The molecule has 5 atom stereocenters. The number of rotatable bonds is 2. The summed E-state index contributed by atoms with van der Waals surface area (Å²) in [7, 11) is 0. The van der Waals surface area contributed by atoms with E-state index < -0.39 is 5.92 Å². The van der Waals surface area contributed by atoms with E-state index in [1.165, 1.54) is 0 Å². The van der Waals surface area contributed by atoms with Crippen LogP contribution in [0.3, 0.4) is 0 Å². The summed E-state index contributed by atoms with van der Waals surface area (Å²) >= 11 is 0. The van der Waals surface area contributed by atoms with Crippen molar-refractivity contribution in [2.75, 3.05) is 13.2 Å². The first-order valence-corrected chi connectivity index (χ1v) is 5.11. The van der Waals surface area contributed by atoms with Crippen LogP contribution in [0.1, 0.15) is 13.3 Å². The van der Waals surface area contributed by atoms with Crippen molar-refractivity contribution in [2.24, 2.45) is 23.7 Å². The van der Waals surface area contributed by atoms with Gasteiger partial charge < -0.3 is 14.9 Å². The largest absolute Gasteiger partial charge is 0.462 e. The summed E-state index contributed by atoms with van der Waals surface area (Å²) in [4.78, 5) is 11.3. The van der Waals surface area contributed by atoms with Gasteiger partial charge in [0.2, 0.25) is 0 Å². The lowest BCUT2D eigenvalue weighted by Crippen LogP contribution is -2.29. The van der Waals surface area contributed by atoms with Gasteiger partial charge in [-0.25, -0.2) is 0 Å². The van der Waals surface area contributed by atoms with E-state index in [1.54, 1.807) is 0 Å². The predicted molar refractivity (Wildman–Crippen MR) is 48.3 cm³/mol. The first kappa shape index (κ1) is 9.93. The van der Waals surface area contributed by atoms with Gasteiger partial charge in [-0.05, 0) is 18.3 Å². The molecule has 1 heterocycles. The van der Waals surface area contributed by atoms with Crippen LogP contribution in [0.25, 0.3) is 0 Å². The quantitative estimate of drug-likeness (QED) is 0.605. The molecule has 0 aromatic heterocycles. The Morgan fingerprint density at radius 1 is 1.43 bits per heavy atom. The van der Waals surface area contributed by atoms with Gasteiger partial charge in [-0.15, -0.1) is 0 Å². The van der Waals surface area contributed by atoms with Gasteiger partial charge >= 0.3 is 5.97 Å². The SMILES string of the molecule is C[C@H]1C[C@@H]2OC(=O)[C@@H](CO)[C@@H]2[C@@H]1CO. The summed E-state index contributed by atoms with van der Waals surface area (Å²) in [5.74, 6) is -0.219. The lowest BCUT2D eigenvalue weighted by atomic mass is 9.83. The zero-order chi connectivity index (χ0) is 10.3. The maximum absolute atomic E-state index is 11.3. The van der Waals surface area contributed by atoms with E-state index in [2.05, 4.69) is 6.92 Å². The Hall–Kier alpha value is -0.610. The van der Waals surface area contributed by atoms with Crippen LogP contribution in [0, 0.1) is 23.7 Å².